The third-order valence-electron chi connectivity index (χ3n) is 3.96. The molecule has 0 radical (unpaired) electrons. The summed E-state index contributed by atoms with van der Waals surface area (Å²) in [6, 6.07) is 3.34. The lowest BCUT2D eigenvalue weighted by atomic mass is 9.85. The lowest BCUT2D eigenvalue weighted by Crippen LogP contribution is -2.47. The van der Waals surface area contributed by atoms with Crippen molar-refractivity contribution in [2.75, 3.05) is 0 Å². The van der Waals surface area contributed by atoms with Crippen molar-refractivity contribution in [2.24, 2.45) is 5.41 Å². The summed E-state index contributed by atoms with van der Waals surface area (Å²) >= 11 is 0. The summed E-state index contributed by atoms with van der Waals surface area (Å²) in [5.41, 5.74) is -0.833. The number of carbonyl (C=O) groups excluding carboxylic acids is 1. The molecule has 1 aromatic heterocycles. The van der Waals surface area contributed by atoms with Crippen LogP contribution in [0, 0.1) is 5.41 Å². The molecule has 0 aliphatic heterocycles. The minimum atomic E-state index is -0.833. The maximum atomic E-state index is 11.9. The average molecular weight is 265 g/mol. The molecule has 2 atom stereocenters. The third-order valence-corrected chi connectivity index (χ3v) is 3.96. The van der Waals surface area contributed by atoms with Crippen LogP contribution in [0.3, 0.4) is 0 Å². The predicted molar refractivity (Wildman–Crippen MR) is 68.6 cm³/mol. The van der Waals surface area contributed by atoms with Crippen LogP contribution >= 0.6 is 0 Å². The van der Waals surface area contributed by atoms with Crippen LogP contribution in [0.5, 0.6) is 0 Å². The fourth-order valence-corrected chi connectivity index (χ4v) is 2.61. The largest absolute Gasteiger partial charge is 0.481 e. The molecule has 5 nitrogen and oxygen atoms in total. The molecule has 1 aromatic rings. The highest BCUT2D eigenvalue weighted by molar-refractivity contribution is 5.80. The zero-order valence-electron chi connectivity index (χ0n) is 11.0. The summed E-state index contributed by atoms with van der Waals surface area (Å²) in [5.74, 6) is -0.181. The van der Waals surface area contributed by atoms with E-state index in [2.05, 4.69) is 5.32 Å². The molecule has 1 heterocycles. The summed E-state index contributed by atoms with van der Waals surface area (Å²) in [4.78, 5) is 23.2. The minimum Gasteiger partial charge on any atom is -0.481 e. The van der Waals surface area contributed by atoms with Crippen LogP contribution < -0.4 is 5.32 Å². The number of carboxylic acid groups (broad SMARTS) is 1. The van der Waals surface area contributed by atoms with Crippen molar-refractivity contribution in [3.05, 3.63) is 24.2 Å². The number of hydrogen-bond donors (Lipinski definition) is 2. The molecule has 5 heteroatoms. The van der Waals surface area contributed by atoms with Gasteiger partial charge in [-0.05, 0) is 31.9 Å². The first kappa shape index (κ1) is 13.6. The molecule has 1 amide bonds. The first-order valence-electron chi connectivity index (χ1n) is 6.57. The second kappa shape index (κ2) is 5.47. The lowest BCUT2D eigenvalue weighted by molar-refractivity contribution is -0.149. The van der Waals surface area contributed by atoms with Gasteiger partial charge in [-0.3, -0.25) is 9.59 Å². The topological polar surface area (TPSA) is 79.5 Å². The Labute approximate surface area is 112 Å². The molecule has 2 N–H and O–H groups in total. The van der Waals surface area contributed by atoms with Gasteiger partial charge in [0.15, 0.2) is 0 Å². The molecular weight excluding hydrogens is 246 g/mol. The molecule has 2 rings (SSSR count). The number of carboxylic acids is 1. The van der Waals surface area contributed by atoms with E-state index in [1.165, 1.54) is 0 Å². The molecule has 0 bridgehead atoms. The van der Waals surface area contributed by atoms with E-state index >= 15 is 0 Å². The monoisotopic (exact) mass is 265 g/mol. The van der Waals surface area contributed by atoms with Gasteiger partial charge in [0.25, 0.3) is 0 Å². The van der Waals surface area contributed by atoms with Gasteiger partial charge in [0.05, 0.1) is 11.7 Å². The van der Waals surface area contributed by atoms with E-state index in [1.54, 1.807) is 19.3 Å². The number of aryl methyl sites for hydroxylation is 1. The number of nitrogens with one attached hydrogen (secondary N) is 1. The van der Waals surface area contributed by atoms with Crippen molar-refractivity contribution in [1.29, 1.82) is 0 Å². The molecule has 104 valence electrons. The van der Waals surface area contributed by atoms with E-state index in [9.17, 15) is 14.7 Å². The van der Waals surface area contributed by atoms with Gasteiger partial charge in [0.2, 0.25) is 5.91 Å². The Morgan fingerprint density at radius 3 is 3.00 bits per heavy atom. The van der Waals surface area contributed by atoms with E-state index in [0.717, 1.165) is 18.6 Å². The SMILES string of the molecule is CC1(C(=O)O)CCCC1NC(=O)CCc1ccco1. The summed E-state index contributed by atoms with van der Waals surface area (Å²) in [5, 5.41) is 12.1. The van der Waals surface area contributed by atoms with Crippen LogP contribution in [0.2, 0.25) is 0 Å². The van der Waals surface area contributed by atoms with Crippen molar-refractivity contribution >= 4 is 11.9 Å². The maximum Gasteiger partial charge on any atom is 0.311 e. The Hall–Kier alpha value is -1.78. The number of aliphatic carboxylic acids is 1. The van der Waals surface area contributed by atoms with Crippen molar-refractivity contribution in [2.45, 2.75) is 45.1 Å². The zero-order chi connectivity index (χ0) is 13.9. The van der Waals surface area contributed by atoms with E-state index in [4.69, 9.17) is 4.42 Å². The molecule has 0 aromatic carbocycles. The number of carbonyl (C=O) groups is 2. The summed E-state index contributed by atoms with van der Waals surface area (Å²) in [6.45, 7) is 1.71. The highest BCUT2D eigenvalue weighted by atomic mass is 16.4. The summed E-state index contributed by atoms with van der Waals surface area (Å²) in [7, 11) is 0. The Balaban J connectivity index is 1.86. The molecule has 1 aliphatic rings. The van der Waals surface area contributed by atoms with E-state index in [0.29, 0.717) is 19.3 Å². The van der Waals surface area contributed by atoms with Gasteiger partial charge >= 0.3 is 5.97 Å². The fourth-order valence-electron chi connectivity index (χ4n) is 2.61. The van der Waals surface area contributed by atoms with Gasteiger partial charge in [0.1, 0.15) is 5.76 Å². The fraction of sp³-hybridized carbons (Fsp3) is 0.571. The van der Waals surface area contributed by atoms with Crippen LogP contribution in [0.15, 0.2) is 22.8 Å². The Bertz CT molecular complexity index is 454. The molecule has 1 fully saturated rings. The van der Waals surface area contributed by atoms with Crippen molar-refractivity contribution in [3.63, 3.8) is 0 Å². The minimum absolute atomic E-state index is 0.115. The molecule has 0 saturated heterocycles. The molecule has 19 heavy (non-hydrogen) atoms. The van der Waals surface area contributed by atoms with E-state index in [-0.39, 0.29) is 11.9 Å². The number of furan rings is 1. The van der Waals surface area contributed by atoms with E-state index in [1.807, 2.05) is 6.07 Å². The van der Waals surface area contributed by atoms with Gasteiger partial charge in [-0.2, -0.15) is 0 Å². The smallest absolute Gasteiger partial charge is 0.311 e. The number of amides is 1. The van der Waals surface area contributed by atoms with Gasteiger partial charge in [-0.1, -0.05) is 6.42 Å². The normalized spacial score (nSPS) is 26.3. The lowest BCUT2D eigenvalue weighted by Gasteiger charge is -2.27. The molecular formula is C14H19NO4. The summed E-state index contributed by atoms with van der Waals surface area (Å²) in [6.07, 6.45) is 4.62. The Kier molecular flexibility index (Phi) is 3.93. The highest BCUT2D eigenvalue weighted by Gasteiger charge is 2.45. The standard InChI is InChI=1S/C14H19NO4/c1-14(13(17)18)8-2-5-11(14)15-12(16)7-6-10-4-3-9-19-10/h3-4,9,11H,2,5-8H2,1H3,(H,15,16)(H,17,18). The van der Waals surface area contributed by atoms with Crippen molar-refractivity contribution < 1.29 is 19.1 Å². The second-order valence-electron chi connectivity index (χ2n) is 5.31. The summed E-state index contributed by atoms with van der Waals surface area (Å²) < 4.78 is 5.16. The second-order valence-corrected chi connectivity index (χ2v) is 5.31. The molecule has 1 aliphatic carbocycles. The molecule has 2 unspecified atom stereocenters. The Morgan fingerprint density at radius 1 is 1.58 bits per heavy atom. The molecule has 1 saturated carbocycles. The highest BCUT2D eigenvalue weighted by Crippen LogP contribution is 2.38. The van der Waals surface area contributed by atoms with Gasteiger partial charge in [-0.25, -0.2) is 0 Å². The van der Waals surface area contributed by atoms with Gasteiger partial charge in [-0.15, -0.1) is 0 Å². The predicted octanol–water partition coefficient (Wildman–Crippen LogP) is 1.97. The third kappa shape index (κ3) is 2.97. The molecule has 0 spiro atoms. The van der Waals surface area contributed by atoms with Crippen LogP contribution in [0.4, 0.5) is 0 Å². The van der Waals surface area contributed by atoms with Crippen LogP contribution in [-0.4, -0.2) is 23.0 Å². The van der Waals surface area contributed by atoms with Crippen LogP contribution in [0.25, 0.3) is 0 Å². The first-order valence-corrected chi connectivity index (χ1v) is 6.57. The maximum absolute atomic E-state index is 11.9. The van der Waals surface area contributed by atoms with E-state index < -0.39 is 11.4 Å². The quantitative estimate of drug-likeness (QED) is 0.853. The van der Waals surface area contributed by atoms with Gasteiger partial charge < -0.3 is 14.8 Å². The van der Waals surface area contributed by atoms with Gasteiger partial charge in [0, 0.05) is 18.9 Å². The average Bonchev–Trinajstić information content (AvgIpc) is 2.98. The van der Waals surface area contributed by atoms with Crippen LogP contribution in [0.1, 0.15) is 38.4 Å². The Morgan fingerprint density at radius 2 is 2.37 bits per heavy atom. The first-order chi connectivity index (χ1) is 9.02. The number of hydrogen-bond acceptors (Lipinski definition) is 3. The van der Waals surface area contributed by atoms with Crippen molar-refractivity contribution in [1.82, 2.24) is 5.32 Å². The number of rotatable bonds is 5. The van der Waals surface area contributed by atoms with Crippen molar-refractivity contribution in [3.8, 4) is 0 Å². The zero-order valence-corrected chi connectivity index (χ0v) is 11.0. The van der Waals surface area contributed by atoms with Crippen LogP contribution in [-0.2, 0) is 16.0 Å².